The number of azo groups is 1. The molecule has 3 aromatic rings. The second-order valence-electron chi connectivity index (χ2n) is 5.32. The Kier molecular flexibility index (Phi) is 6.08. The van der Waals surface area contributed by atoms with Crippen LogP contribution in [0.4, 0.5) is 17.2 Å². The fourth-order valence-electron chi connectivity index (χ4n) is 2.32. The fourth-order valence-corrected chi connectivity index (χ4v) is 2.32. The van der Waals surface area contributed by atoms with Crippen LogP contribution in [0.1, 0.15) is 5.56 Å². The van der Waals surface area contributed by atoms with Crippen molar-refractivity contribution in [2.75, 3.05) is 12.8 Å². The van der Waals surface area contributed by atoms with E-state index in [0.717, 1.165) is 5.56 Å². The first-order valence-electron chi connectivity index (χ1n) is 7.47. The zero-order valence-electron chi connectivity index (χ0n) is 14.0. The summed E-state index contributed by atoms with van der Waals surface area (Å²) in [4.78, 5) is 0. The van der Waals surface area contributed by atoms with Crippen molar-refractivity contribution < 1.29 is 21.7 Å². The van der Waals surface area contributed by atoms with Gasteiger partial charge in [-0.25, -0.2) is 9.25 Å². The van der Waals surface area contributed by atoms with E-state index in [-0.39, 0.29) is 12.4 Å². The van der Waals surface area contributed by atoms with Gasteiger partial charge < -0.3 is 22.9 Å². The topological polar surface area (TPSA) is 81.7 Å². The fraction of sp³-hybridized carbons (Fsp3) is 0.176. The van der Waals surface area contributed by atoms with Crippen molar-refractivity contribution in [3.05, 3.63) is 60.6 Å². The van der Waals surface area contributed by atoms with Crippen LogP contribution < -0.4 is 27.4 Å². The van der Waals surface area contributed by atoms with Crippen molar-refractivity contribution in [1.82, 2.24) is 9.78 Å². The number of ether oxygens (including phenoxy) is 1. The maximum Gasteiger partial charge on any atom is 0.173 e. The highest BCUT2D eigenvalue weighted by Gasteiger charge is 2.09. The van der Waals surface area contributed by atoms with Crippen LogP contribution in [-0.2, 0) is 13.6 Å². The molecule has 25 heavy (non-hydrogen) atoms. The molecule has 2 N–H and O–H groups in total. The smallest absolute Gasteiger partial charge is 0.173 e. The summed E-state index contributed by atoms with van der Waals surface area (Å²) in [7, 11) is 3.57. The summed E-state index contributed by atoms with van der Waals surface area (Å²) in [5, 5.41) is 12.7. The summed E-state index contributed by atoms with van der Waals surface area (Å²) in [6.07, 6.45) is 5.61. The number of halogens is 1. The number of hydrogen-bond donors (Lipinski definition) is 1. The molecule has 7 nitrogen and oxygen atoms in total. The minimum atomic E-state index is 0. The first-order chi connectivity index (χ1) is 11.7. The summed E-state index contributed by atoms with van der Waals surface area (Å²) in [5.41, 5.74) is 8.40. The van der Waals surface area contributed by atoms with Gasteiger partial charge in [0.15, 0.2) is 12.4 Å². The molecule has 0 aliphatic rings. The van der Waals surface area contributed by atoms with Gasteiger partial charge in [0.25, 0.3) is 0 Å². The van der Waals surface area contributed by atoms with E-state index in [1.54, 1.807) is 18.0 Å². The van der Waals surface area contributed by atoms with Gasteiger partial charge in [-0.1, -0.05) is 12.1 Å². The van der Waals surface area contributed by atoms with E-state index in [1.807, 2.05) is 60.4 Å². The SMILES string of the molecule is COc1ccccc1/N=N/c1cnn(Cc2ccc[n+](C)c2)c1N.[Cl-]. The maximum atomic E-state index is 6.13. The zero-order chi connectivity index (χ0) is 16.9. The molecule has 0 fully saturated rings. The number of anilines is 1. The van der Waals surface area contributed by atoms with Gasteiger partial charge >= 0.3 is 0 Å². The van der Waals surface area contributed by atoms with E-state index in [1.165, 1.54) is 0 Å². The van der Waals surface area contributed by atoms with Crippen LogP contribution in [0.5, 0.6) is 5.75 Å². The molecule has 0 radical (unpaired) electrons. The molecule has 0 aliphatic carbocycles. The van der Waals surface area contributed by atoms with Crippen LogP contribution in [0.3, 0.4) is 0 Å². The molecule has 0 spiro atoms. The number of nitrogens with two attached hydrogens (primary N) is 1. The molecule has 2 heterocycles. The number of pyridine rings is 1. The number of methoxy groups -OCH3 is 1. The lowest BCUT2D eigenvalue weighted by Gasteiger charge is -2.03. The number of para-hydroxylation sites is 1. The predicted molar refractivity (Wildman–Crippen MR) is 90.5 cm³/mol. The van der Waals surface area contributed by atoms with Crippen molar-refractivity contribution >= 4 is 17.2 Å². The number of nitrogen functional groups attached to an aromatic ring is 1. The Morgan fingerprint density at radius 2 is 1.92 bits per heavy atom. The van der Waals surface area contributed by atoms with Crippen LogP contribution in [0.15, 0.2) is 65.2 Å². The van der Waals surface area contributed by atoms with Gasteiger partial charge in [-0.05, 0) is 18.2 Å². The van der Waals surface area contributed by atoms with Crippen LogP contribution in [-0.4, -0.2) is 16.9 Å². The lowest BCUT2D eigenvalue weighted by atomic mass is 10.3. The predicted octanol–water partition coefficient (Wildman–Crippen LogP) is -0.234. The van der Waals surface area contributed by atoms with Crippen molar-refractivity contribution in [2.24, 2.45) is 17.3 Å². The second-order valence-corrected chi connectivity index (χ2v) is 5.32. The monoisotopic (exact) mass is 358 g/mol. The van der Waals surface area contributed by atoms with E-state index >= 15 is 0 Å². The van der Waals surface area contributed by atoms with Gasteiger partial charge in [0.1, 0.15) is 30.0 Å². The third-order valence-electron chi connectivity index (χ3n) is 3.54. The molecule has 130 valence electrons. The van der Waals surface area contributed by atoms with E-state index in [4.69, 9.17) is 10.5 Å². The molecule has 0 saturated carbocycles. The van der Waals surface area contributed by atoms with Crippen molar-refractivity contribution in [2.45, 2.75) is 6.54 Å². The Morgan fingerprint density at radius 3 is 2.68 bits per heavy atom. The average molecular weight is 359 g/mol. The number of hydrogen-bond acceptors (Lipinski definition) is 5. The van der Waals surface area contributed by atoms with Gasteiger partial charge in [0.2, 0.25) is 0 Å². The number of nitrogens with zero attached hydrogens (tertiary/aromatic N) is 5. The largest absolute Gasteiger partial charge is 1.00 e. The van der Waals surface area contributed by atoms with Gasteiger partial charge in [0.05, 0.1) is 19.9 Å². The van der Waals surface area contributed by atoms with Gasteiger partial charge in [-0.2, -0.15) is 5.10 Å². The third kappa shape index (κ3) is 4.33. The molecule has 8 heteroatoms. The molecule has 1 aromatic carbocycles. The molecule has 0 saturated heterocycles. The Labute approximate surface area is 152 Å². The molecule has 2 aromatic heterocycles. The van der Waals surface area contributed by atoms with E-state index in [2.05, 4.69) is 15.3 Å². The summed E-state index contributed by atoms with van der Waals surface area (Å²) >= 11 is 0. The molecular weight excluding hydrogens is 340 g/mol. The molecule has 3 rings (SSSR count). The molecule has 0 aliphatic heterocycles. The maximum absolute atomic E-state index is 6.13. The molecule has 0 atom stereocenters. The minimum absolute atomic E-state index is 0. The Bertz CT molecular complexity index is 877. The Balaban J connectivity index is 0.00000225. The molecule has 0 unspecified atom stereocenters. The normalized spacial score (nSPS) is 10.6. The Hall–Kier alpha value is -2.93. The van der Waals surface area contributed by atoms with Gasteiger partial charge in [-0.3, -0.25) is 0 Å². The van der Waals surface area contributed by atoms with E-state index in [9.17, 15) is 0 Å². The summed E-state index contributed by atoms with van der Waals surface area (Å²) in [6.45, 7) is 0.574. The summed E-state index contributed by atoms with van der Waals surface area (Å²) in [6, 6.07) is 11.4. The number of aromatic nitrogens is 3. The van der Waals surface area contributed by atoms with Crippen LogP contribution in [0.25, 0.3) is 0 Å². The standard InChI is InChI=1S/C17H19N6O.ClH/c1-22-9-5-6-13(11-22)12-23-17(18)15(10-19-23)21-20-14-7-3-4-8-16(14)24-2;/h3-11H,12,18H2,1-2H3;1H/q+1;/p-1/b21-20+;. The van der Waals surface area contributed by atoms with E-state index in [0.29, 0.717) is 29.5 Å². The van der Waals surface area contributed by atoms with Crippen molar-refractivity contribution in [1.29, 1.82) is 0 Å². The molecule has 0 bridgehead atoms. The number of aryl methyl sites for hydroxylation is 1. The molecule has 0 amide bonds. The van der Waals surface area contributed by atoms with Gasteiger partial charge in [0, 0.05) is 11.6 Å². The van der Waals surface area contributed by atoms with Crippen LogP contribution in [0, 0.1) is 0 Å². The Morgan fingerprint density at radius 1 is 1.16 bits per heavy atom. The highest BCUT2D eigenvalue weighted by Crippen LogP contribution is 2.30. The first kappa shape index (κ1) is 18.4. The second kappa shape index (κ2) is 8.25. The highest BCUT2D eigenvalue weighted by atomic mass is 35.5. The van der Waals surface area contributed by atoms with E-state index < -0.39 is 0 Å². The van der Waals surface area contributed by atoms with Gasteiger partial charge in [-0.15, -0.1) is 10.2 Å². The minimum Gasteiger partial charge on any atom is -1.00 e. The van der Waals surface area contributed by atoms with Crippen molar-refractivity contribution in [3.8, 4) is 5.75 Å². The number of rotatable bonds is 5. The first-order valence-corrected chi connectivity index (χ1v) is 7.47. The van der Waals surface area contributed by atoms with Crippen LogP contribution in [0.2, 0.25) is 0 Å². The lowest BCUT2D eigenvalue weighted by Crippen LogP contribution is -3.00. The third-order valence-corrected chi connectivity index (χ3v) is 3.54. The average Bonchev–Trinajstić information content (AvgIpc) is 2.93. The lowest BCUT2D eigenvalue weighted by molar-refractivity contribution is -0.671. The zero-order valence-corrected chi connectivity index (χ0v) is 14.8. The highest BCUT2D eigenvalue weighted by molar-refractivity contribution is 5.57. The quantitative estimate of drug-likeness (QED) is 0.505. The van der Waals surface area contributed by atoms with Crippen molar-refractivity contribution in [3.63, 3.8) is 0 Å². The number of benzene rings is 1. The summed E-state index contributed by atoms with van der Waals surface area (Å²) in [5.74, 6) is 1.13. The summed E-state index contributed by atoms with van der Waals surface area (Å²) < 4.78 is 8.94. The van der Waals surface area contributed by atoms with Crippen LogP contribution >= 0.6 is 0 Å². The molecular formula is C17H19ClN6O.